The van der Waals surface area contributed by atoms with E-state index < -0.39 is 0 Å². The van der Waals surface area contributed by atoms with Gasteiger partial charge in [-0.25, -0.2) is 15.0 Å². The van der Waals surface area contributed by atoms with Gasteiger partial charge in [0.25, 0.3) is 5.88 Å². The van der Waals surface area contributed by atoms with E-state index in [0.29, 0.717) is 35.0 Å². The molecule has 0 spiro atoms. The molecule has 158 valence electrons. The first kappa shape index (κ1) is 19.7. The van der Waals surface area contributed by atoms with Gasteiger partial charge in [0.1, 0.15) is 29.8 Å². The van der Waals surface area contributed by atoms with Crippen molar-refractivity contribution >= 4 is 11.0 Å². The Labute approximate surface area is 185 Å². The van der Waals surface area contributed by atoms with E-state index in [0.717, 1.165) is 22.4 Å². The van der Waals surface area contributed by atoms with Crippen molar-refractivity contribution in [3.05, 3.63) is 84.8 Å². The average Bonchev–Trinajstić information content (AvgIpc) is 3.24. The molecule has 3 aromatic heterocycles. The second-order valence-electron chi connectivity index (χ2n) is 7.29. The van der Waals surface area contributed by atoms with Gasteiger partial charge in [0.15, 0.2) is 5.75 Å². The van der Waals surface area contributed by atoms with E-state index >= 15 is 0 Å². The highest BCUT2D eigenvalue weighted by molar-refractivity contribution is 5.94. The third kappa shape index (κ3) is 3.76. The van der Waals surface area contributed by atoms with Crippen LogP contribution in [0.4, 0.5) is 0 Å². The minimum Gasteiger partial charge on any atom is -0.491 e. The Hall–Kier alpha value is -4.26. The van der Waals surface area contributed by atoms with Crippen LogP contribution in [-0.2, 0) is 13.7 Å². The maximum atomic E-state index is 6.02. The van der Waals surface area contributed by atoms with Crippen LogP contribution in [0.1, 0.15) is 5.56 Å². The Morgan fingerprint density at radius 2 is 1.66 bits per heavy atom. The van der Waals surface area contributed by atoms with E-state index in [9.17, 15) is 0 Å². The summed E-state index contributed by atoms with van der Waals surface area (Å²) in [6, 6.07) is 21.8. The van der Waals surface area contributed by atoms with Crippen molar-refractivity contribution < 1.29 is 9.47 Å². The SMILES string of the molecule is COc1cc2ncnc(-c3cn(C)nc3-c3ccccc3)c2nc1OCc1ccccc1. The zero-order valence-electron chi connectivity index (χ0n) is 17.8. The Kier molecular flexibility index (Phi) is 5.21. The molecule has 7 heteroatoms. The first-order valence-electron chi connectivity index (χ1n) is 10.2. The largest absolute Gasteiger partial charge is 0.491 e. The lowest BCUT2D eigenvalue weighted by Gasteiger charge is -2.12. The van der Waals surface area contributed by atoms with Gasteiger partial charge in [-0.05, 0) is 5.56 Å². The van der Waals surface area contributed by atoms with Gasteiger partial charge in [0.2, 0.25) is 0 Å². The van der Waals surface area contributed by atoms with Crippen LogP contribution in [0.3, 0.4) is 0 Å². The highest BCUT2D eigenvalue weighted by Gasteiger charge is 2.19. The molecule has 0 saturated carbocycles. The molecule has 5 rings (SSSR count). The molecule has 0 aliphatic rings. The van der Waals surface area contributed by atoms with Crippen molar-refractivity contribution in [1.82, 2.24) is 24.7 Å². The summed E-state index contributed by atoms with van der Waals surface area (Å²) < 4.78 is 13.3. The van der Waals surface area contributed by atoms with E-state index in [1.165, 1.54) is 6.33 Å². The lowest BCUT2D eigenvalue weighted by atomic mass is 10.0. The van der Waals surface area contributed by atoms with E-state index in [1.807, 2.05) is 80.0 Å². The molecule has 0 aliphatic carbocycles. The van der Waals surface area contributed by atoms with Gasteiger partial charge in [-0.2, -0.15) is 5.10 Å². The summed E-state index contributed by atoms with van der Waals surface area (Å²) in [5.41, 5.74) is 5.73. The molecule has 32 heavy (non-hydrogen) atoms. The highest BCUT2D eigenvalue weighted by atomic mass is 16.5. The van der Waals surface area contributed by atoms with Crippen molar-refractivity contribution in [2.75, 3.05) is 7.11 Å². The summed E-state index contributed by atoms with van der Waals surface area (Å²) >= 11 is 0. The molecule has 0 aliphatic heterocycles. The molecule has 0 unspecified atom stereocenters. The number of benzene rings is 2. The monoisotopic (exact) mass is 423 g/mol. The van der Waals surface area contributed by atoms with Gasteiger partial charge in [0, 0.05) is 30.4 Å². The number of hydrogen-bond donors (Lipinski definition) is 0. The lowest BCUT2D eigenvalue weighted by molar-refractivity contribution is 0.273. The number of hydrogen-bond acceptors (Lipinski definition) is 6. The van der Waals surface area contributed by atoms with E-state index in [-0.39, 0.29) is 0 Å². The molecule has 5 aromatic rings. The fourth-order valence-electron chi connectivity index (χ4n) is 3.59. The predicted octanol–water partition coefficient (Wildman–Crippen LogP) is 4.68. The smallest absolute Gasteiger partial charge is 0.258 e. The number of nitrogens with zero attached hydrogens (tertiary/aromatic N) is 5. The minimum atomic E-state index is 0.376. The van der Waals surface area contributed by atoms with Gasteiger partial charge in [0.05, 0.1) is 12.6 Å². The highest BCUT2D eigenvalue weighted by Crippen LogP contribution is 2.36. The van der Waals surface area contributed by atoms with Gasteiger partial charge < -0.3 is 9.47 Å². The second kappa shape index (κ2) is 8.47. The number of methoxy groups -OCH3 is 1. The Morgan fingerprint density at radius 1 is 0.906 bits per heavy atom. The van der Waals surface area contributed by atoms with Crippen LogP contribution in [0, 0.1) is 0 Å². The molecule has 0 bridgehead atoms. The molecule has 0 atom stereocenters. The van der Waals surface area contributed by atoms with Crippen molar-refractivity contribution in [1.29, 1.82) is 0 Å². The fraction of sp³-hybridized carbons (Fsp3) is 0.120. The summed E-state index contributed by atoms with van der Waals surface area (Å²) in [5, 5.41) is 4.67. The zero-order valence-corrected chi connectivity index (χ0v) is 17.8. The van der Waals surface area contributed by atoms with Crippen molar-refractivity contribution in [2.24, 2.45) is 7.05 Å². The zero-order chi connectivity index (χ0) is 21.9. The molecule has 3 heterocycles. The van der Waals surface area contributed by atoms with Crippen LogP contribution in [0.25, 0.3) is 33.5 Å². The molecule has 0 saturated heterocycles. The predicted molar refractivity (Wildman–Crippen MR) is 122 cm³/mol. The van der Waals surface area contributed by atoms with Crippen LogP contribution < -0.4 is 9.47 Å². The Balaban J connectivity index is 1.62. The van der Waals surface area contributed by atoms with Gasteiger partial charge in [-0.1, -0.05) is 60.7 Å². The standard InChI is InChI=1S/C25H21N5O2/c1-30-14-19(22(29-30)18-11-7-4-8-12-18)23-24-20(26-16-27-23)13-21(31-2)25(28-24)32-15-17-9-5-3-6-10-17/h3-14,16H,15H2,1-2H3. The molecule has 0 fully saturated rings. The maximum Gasteiger partial charge on any atom is 0.258 e. The van der Waals surface area contributed by atoms with Crippen molar-refractivity contribution in [3.63, 3.8) is 0 Å². The van der Waals surface area contributed by atoms with Gasteiger partial charge >= 0.3 is 0 Å². The van der Waals surface area contributed by atoms with Crippen molar-refractivity contribution in [3.8, 4) is 34.1 Å². The van der Waals surface area contributed by atoms with Crippen LogP contribution in [0.5, 0.6) is 11.6 Å². The summed E-state index contributed by atoms with van der Waals surface area (Å²) in [6.07, 6.45) is 3.48. The van der Waals surface area contributed by atoms with Crippen LogP contribution >= 0.6 is 0 Å². The quantitative estimate of drug-likeness (QED) is 0.395. The third-order valence-electron chi connectivity index (χ3n) is 5.11. The topological polar surface area (TPSA) is 75.0 Å². The molecule has 0 amide bonds. The first-order valence-corrected chi connectivity index (χ1v) is 10.2. The van der Waals surface area contributed by atoms with E-state index in [2.05, 4.69) is 15.1 Å². The van der Waals surface area contributed by atoms with E-state index in [1.54, 1.807) is 11.8 Å². The van der Waals surface area contributed by atoms with Crippen molar-refractivity contribution in [2.45, 2.75) is 6.61 Å². The molecule has 0 N–H and O–H groups in total. The summed E-state index contributed by atoms with van der Waals surface area (Å²) in [6.45, 7) is 0.376. The summed E-state index contributed by atoms with van der Waals surface area (Å²) in [4.78, 5) is 13.7. The van der Waals surface area contributed by atoms with Gasteiger partial charge in [-0.15, -0.1) is 0 Å². The number of rotatable bonds is 6. The lowest BCUT2D eigenvalue weighted by Crippen LogP contribution is -2.02. The Bertz CT molecular complexity index is 1370. The average molecular weight is 423 g/mol. The third-order valence-corrected chi connectivity index (χ3v) is 5.11. The number of aryl methyl sites for hydroxylation is 1. The summed E-state index contributed by atoms with van der Waals surface area (Å²) in [5.74, 6) is 0.914. The van der Waals surface area contributed by atoms with Crippen LogP contribution in [0.15, 0.2) is 79.3 Å². The molecule has 2 aromatic carbocycles. The second-order valence-corrected chi connectivity index (χ2v) is 7.29. The summed E-state index contributed by atoms with van der Waals surface area (Å²) in [7, 11) is 3.49. The normalized spacial score (nSPS) is 10.9. The van der Waals surface area contributed by atoms with Crippen LogP contribution in [0.2, 0.25) is 0 Å². The van der Waals surface area contributed by atoms with Crippen LogP contribution in [-0.4, -0.2) is 31.8 Å². The minimum absolute atomic E-state index is 0.376. The molecule has 0 radical (unpaired) electrons. The molecule has 7 nitrogen and oxygen atoms in total. The van der Waals surface area contributed by atoms with E-state index in [4.69, 9.17) is 14.5 Å². The Morgan fingerprint density at radius 3 is 2.41 bits per heavy atom. The number of fused-ring (bicyclic) bond motifs is 1. The fourth-order valence-corrected chi connectivity index (χ4v) is 3.59. The molecular weight excluding hydrogens is 402 g/mol. The molecular formula is C25H21N5O2. The number of ether oxygens (including phenoxy) is 2. The first-order chi connectivity index (χ1) is 15.7. The number of aromatic nitrogens is 5. The van der Waals surface area contributed by atoms with Gasteiger partial charge in [-0.3, -0.25) is 4.68 Å². The number of pyridine rings is 1. The maximum absolute atomic E-state index is 6.02.